The molecule has 4 rings (SSSR count). The Morgan fingerprint density at radius 1 is 1.00 bits per heavy atom. The zero-order valence-electron chi connectivity index (χ0n) is 16.7. The molecule has 0 unspecified atom stereocenters. The first-order chi connectivity index (χ1) is 14.7. The molecule has 4 atom stereocenters. The van der Waals surface area contributed by atoms with Gasteiger partial charge in [0, 0.05) is 47.6 Å². The fourth-order valence-corrected chi connectivity index (χ4v) is 4.54. The fraction of sp³-hybridized carbons (Fsp3) is 0.333. The summed E-state index contributed by atoms with van der Waals surface area (Å²) in [5, 5.41) is 24.7. The molecular weight excluding hydrogens is 398 g/mol. The molecule has 3 N–H and O–H groups in total. The fourth-order valence-electron chi connectivity index (χ4n) is 4.34. The maximum atomic E-state index is 10.5. The van der Waals surface area contributed by atoms with Crippen molar-refractivity contribution in [1.82, 2.24) is 15.3 Å². The lowest BCUT2D eigenvalue weighted by molar-refractivity contribution is 0.0716. The number of hydrogen-bond acceptors (Lipinski definition) is 5. The Labute approximate surface area is 181 Å². The SMILES string of the molecule is OC[C@@H]1[C@@H](Cc2ccnc(-c3ccccc3)n2)[C@H](NCc2ccccc2Cl)C[C@H]1O. The van der Waals surface area contributed by atoms with Crippen LogP contribution in [0.1, 0.15) is 17.7 Å². The number of hydrogen-bond donors (Lipinski definition) is 3. The van der Waals surface area contributed by atoms with Crippen molar-refractivity contribution in [2.75, 3.05) is 6.61 Å². The van der Waals surface area contributed by atoms with Crippen LogP contribution in [0.15, 0.2) is 66.9 Å². The van der Waals surface area contributed by atoms with Crippen molar-refractivity contribution in [3.05, 3.63) is 83.1 Å². The summed E-state index contributed by atoms with van der Waals surface area (Å²) < 4.78 is 0. The number of benzene rings is 2. The third-order valence-electron chi connectivity index (χ3n) is 5.97. The van der Waals surface area contributed by atoms with E-state index in [0.29, 0.717) is 25.2 Å². The summed E-state index contributed by atoms with van der Waals surface area (Å²) in [6, 6.07) is 19.6. The first-order valence-electron chi connectivity index (χ1n) is 10.3. The van der Waals surface area contributed by atoms with Gasteiger partial charge in [-0.25, -0.2) is 9.97 Å². The minimum Gasteiger partial charge on any atom is -0.396 e. The van der Waals surface area contributed by atoms with E-state index in [0.717, 1.165) is 21.8 Å². The Morgan fingerprint density at radius 3 is 2.53 bits per heavy atom. The molecule has 1 heterocycles. The van der Waals surface area contributed by atoms with E-state index in [1.54, 1.807) is 6.20 Å². The highest BCUT2D eigenvalue weighted by atomic mass is 35.5. The van der Waals surface area contributed by atoms with Crippen LogP contribution in [0.2, 0.25) is 5.02 Å². The largest absolute Gasteiger partial charge is 0.396 e. The summed E-state index contributed by atoms with van der Waals surface area (Å²) in [6.45, 7) is 0.567. The minimum absolute atomic E-state index is 0.0489. The number of aromatic nitrogens is 2. The van der Waals surface area contributed by atoms with E-state index in [1.165, 1.54) is 0 Å². The van der Waals surface area contributed by atoms with Crippen molar-refractivity contribution in [3.63, 3.8) is 0 Å². The normalized spacial score (nSPS) is 23.6. The van der Waals surface area contributed by atoms with Crippen molar-refractivity contribution in [2.45, 2.75) is 31.5 Å². The molecular formula is C24H26ClN3O2. The summed E-state index contributed by atoms with van der Waals surface area (Å²) in [5.74, 6) is 0.558. The highest BCUT2D eigenvalue weighted by Gasteiger charge is 2.42. The topological polar surface area (TPSA) is 78.3 Å². The zero-order chi connectivity index (χ0) is 20.9. The van der Waals surface area contributed by atoms with Crippen LogP contribution < -0.4 is 5.32 Å². The van der Waals surface area contributed by atoms with Crippen molar-refractivity contribution >= 4 is 11.6 Å². The highest BCUT2D eigenvalue weighted by molar-refractivity contribution is 6.31. The maximum absolute atomic E-state index is 10.5. The minimum atomic E-state index is -0.542. The summed E-state index contributed by atoms with van der Waals surface area (Å²) in [5.41, 5.74) is 2.90. The molecule has 0 spiro atoms. The zero-order valence-corrected chi connectivity index (χ0v) is 17.4. The van der Waals surface area contributed by atoms with Crippen molar-refractivity contribution in [2.24, 2.45) is 11.8 Å². The Balaban J connectivity index is 1.52. The van der Waals surface area contributed by atoms with Crippen LogP contribution >= 0.6 is 11.6 Å². The molecule has 5 nitrogen and oxygen atoms in total. The van der Waals surface area contributed by atoms with Crippen LogP contribution in [-0.2, 0) is 13.0 Å². The van der Waals surface area contributed by atoms with E-state index >= 15 is 0 Å². The van der Waals surface area contributed by atoms with E-state index in [2.05, 4.69) is 10.3 Å². The number of aliphatic hydroxyl groups excluding tert-OH is 2. The van der Waals surface area contributed by atoms with Gasteiger partial charge in [-0.15, -0.1) is 0 Å². The third-order valence-corrected chi connectivity index (χ3v) is 6.34. The molecule has 0 saturated heterocycles. The third kappa shape index (κ3) is 4.71. The van der Waals surface area contributed by atoms with Gasteiger partial charge in [-0.3, -0.25) is 0 Å². The van der Waals surface area contributed by atoms with Crippen molar-refractivity contribution < 1.29 is 10.2 Å². The van der Waals surface area contributed by atoms with E-state index in [4.69, 9.17) is 16.6 Å². The second-order valence-electron chi connectivity index (χ2n) is 7.83. The Morgan fingerprint density at radius 2 is 1.77 bits per heavy atom. The quantitative estimate of drug-likeness (QED) is 0.542. The standard InChI is InChI=1S/C24H26ClN3O2/c25-21-9-5-4-8-17(21)14-27-22-13-23(30)20(15-29)19(22)12-18-10-11-26-24(28-18)16-6-2-1-3-7-16/h1-11,19-20,22-23,27,29-30H,12-15H2/t19-,20-,22-,23-/m1/s1. The smallest absolute Gasteiger partial charge is 0.159 e. The molecule has 0 bridgehead atoms. The number of aliphatic hydroxyl groups is 2. The van der Waals surface area contributed by atoms with Gasteiger partial charge in [0.05, 0.1) is 6.10 Å². The van der Waals surface area contributed by atoms with Gasteiger partial charge < -0.3 is 15.5 Å². The lowest BCUT2D eigenvalue weighted by atomic mass is 9.88. The molecule has 1 aromatic heterocycles. The molecule has 156 valence electrons. The summed E-state index contributed by atoms with van der Waals surface area (Å²) in [4.78, 5) is 9.15. The van der Waals surface area contributed by atoms with Crippen LogP contribution in [0.25, 0.3) is 11.4 Å². The molecule has 1 saturated carbocycles. The van der Waals surface area contributed by atoms with Gasteiger partial charge in [-0.1, -0.05) is 60.1 Å². The average Bonchev–Trinajstić information content (AvgIpc) is 3.08. The van der Waals surface area contributed by atoms with Gasteiger partial charge in [0.15, 0.2) is 5.82 Å². The van der Waals surface area contributed by atoms with Gasteiger partial charge in [-0.2, -0.15) is 0 Å². The van der Waals surface area contributed by atoms with Gasteiger partial charge in [0.2, 0.25) is 0 Å². The first kappa shape index (κ1) is 20.9. The molecule has 1 fully saturated rings. The molecule has 6 heteroatoms. The van der Waals surface area contributed by atoms with Gasteiger partial charge in [0.25, 0.3) is 0 Å². The lowest BCUT2D eigenvalue weighted by Gasteiger charge is -2.25. The van der Waals surface area contributed by atoms with Crippen molar-refractivity contribution in [3.8, 4) is 11.4 Å². The Bertz CT molecular complexity index is 969. The van der Waals surface area contributed by atoms with Crippen LogP contribution in [-0.4, -0.2) is 38.9 Å². The van der Waals surface area contributed by atoms with Gasteiger partial charge in [-0.05, 0) is 36.5 Å². The second kappa shape index (κ2) is 9.67. The van der Waals surface area contributed by atoms with Crippen LogP contribution in [0.3, 0.4) is 0 Å². The lowest BCUT2D eigenvalue weighted by Crippen LogP contribution is -2.36. The van der Waals surface area contributed by atoms with Gasteiger partial charge in [0.1, 0.15) is 0 Å². The van der Waals surface area contributed by atoms with E-state index in [-0.39, 0.29) is 24.5 Å². The van der Waals surface area contributed by atoms with Crippen molar-refractivity contribution in [1.29, 1.82) is 0 Å². The van der Waals surface area contributed by atoms with E-state index in [9.17, 15) is 10.2 Å². The number of halogens is 1. The van der Waals surface area contributed by atoms with Crippen LogP contribution in [0.5, 0.6) is 0 Å². The predicted molar refractivity (Wildman–Crippen MR) is 118 cm³/mol. The summed E-state index contributed by atoms with van der Waals surface area (Å²) in [6.07, 6.45) is 2.48. The summed E-state index contributed by atoms with van der Waals surface area (Å²) >= 11 is 6.29. The maximum Gasteiger partial charge on any atom is 0.159 e. The average molecular weight is 424 g/mol. The first-order valence-corrected chi connectivity index (χ1v) is 10.7. The molecule has 30 heavy (non-hydrogen) atoms. The number of nitrogens with one attached hydrogen (secondary N) is 1. The molecule has 0 radical (unpaired) electrons. The molecule has 0 amide bonds. The monoisotopic (exact) mass is 423 g/mol. The second-order valence-corrected chi connectivity index (χ2v) is 8.24. The van der Waals surface area contributed by atoms with Crippen LogP contribution in [0.4, 0.5) is 0 Å². The molecule has 3 aromatic rings. The number of rotatable bonds is 7. The Kier molecular flexibility index (Phi) is 6.75. The van der Waals surface area contributed by atoms with E-state index in [1.807, 2.05) is 60.7 Å². The number of nitrogens with zero attached hydrogens (tertiary/aromatic N) is 2. The molecule has 2 aromatic carbocycles. The molecule has 1 aliphatic carbocycles. The van der Waals surface area contributed by atoms with Crippen LogP contribution in [0, 0.1) is 11.8 Å². The predicted octanol–water partition coefficient (Wildman–Crippen LogP) is 3.49. The molecule has 1 aliphatic rings. The summed E-state index contributed by atoms with van der Waals surface area (Å²) in [7, 11) is 0. The Hall–Kier alpha value is -2.31. The highest BCUT2D eigenvalue weighted by Crippen LogP contribution is 2.35. The molecule has 0 aliphatic heterocycles. The van der Waals surface area contributed by atoms with Gasteiger partial charge >= 0.3 is 0 Å². The van der Waals surface area contributed by atoms with E-state index < -0.39 is 6.10 Å².